The number of nitrogens with zero attached hydrogens (tertiary/aromatic N) is 2. The lowest BCUT2D eigenvalue weighted by molar-refractivity contribution is -0.130. The Morgan fingerprint density at radius 2 is 1.89 bits per heavy atom. The molecule has 4 aromatic carbocycles. The number of methoxy groups -OCH3 is 1. The number of carbonyl (C=O) groups is 2. The molecule has 1 aromatic heterocycles. The number of sulfonamides is 1. The topological polar surface area (TPSA) is 150 Å². The van der Waals surface area contributed by atoms with Crippen LogP contribution in [0.5, 0.6) is 11.5 Å². The van der Waals surface area contributed by atoms with Gasteiger partial charge in [-0.15, -0.1) is 11.8 Å². The number of halogens is 2. The van der Waals surface area contributed by atoms with Gasteiger partial charge in [0, 0.05) is 10.7 Å². The highest BCUT2D eigenvalue weighted by molar-refractivity contribution is 8.00. The summed E-state index contributed by atoms with van der Waals surface area (Å²) in [7, 11) is -2.98. The number of phenolic OH excluding ortho intramolecular Hbond substituents is 1. The van der Waals surface area contributed by atoms with E-state index in [4.69, 9.17) is 16.3 Å². The van der Waals surface area contributed by atoms with Crippen molar-refractivity contribution >= 4 is 83.3 Å². The molecule has 4 N–H and O–H groups in total. The largest absolute Gasteiger partial charge is 0.508 e. The van der Waals surface area contributed by atoms with E-state index in [1.165, 1.54) is 55.3 Å². The number of phenols is 1. The third-order valence-corrected chi connectivity index (χ3v) is 10.7. The summed E-state index contributed by atoms with van der Waals surface area (Å²) in [5, 5.41) is 13.6. The molecule has 5 aromatic rings. The maximum Gasteiger partial charge on any atom is 0.273 e. The third kappa shape index (κ3) is 6.39. The van der Waals surface area contributed by atoms with Gasteiger partial charge in [0.25, 0.3) is 21.8 Å². The van der Waals surface area contributed by atoms with Gasteiger partial charge < -0.3 is 15.2 Å². The van der Waals surface area contributed by atoms with Gasteiger partial charge in [0.2, 0.25) is 0 Å². The molecule has 0 radical (unpaired) electrons. The summed E-state index contributed by atoms with van der Waals surface area (Å²) in [6.45, 7) is 0. The maximum atomic E-state index is 14.9. The predicted octanol–water partition coefficient (Wildman–Crippen LogP) is 6.27. The van der Waals surface area contributed by atoms with E-state index in [1.54, 1.807) is 36.4 Å². The van der Waals surface area contributed by atoms with Crippen LogP contribution in [0, 0.1) is 5.82 Å². The first-order chi connectivity index (χ1) is 22.0. The number of aromatic nitrogens is 1. The fourth-order valence-corrected chi connectivity index (χ4v) is 8.16. The van der Waals surface area contributed by atoms with Crippen LogP contribution < -0.4 is 20.2 Å². The van der Waals surface area contributed by atoms with Gasteiger partial charge in [-0.25, -0.2) is 22.8 Å². The number of hydrogen-bond donors (Lipinski definition) is 4. The first-order valence-corrected chi connectivity index (χ1v) is 17.1. The summed E-state index contributed by atoms with van der Waals surface area (Å²) < 4.78 is 49.9. The number of ether oxygens (including phenoxy) is 1. The number of aromatic hydroxyl groups is 1. The van der Waals surface area contributed by atoms with Crippen molar-refractivity contribution in [2.24, 2.45) is 0 Å². The number of nitrogens with one attached hydrogen (secondary N) is 3. The highest BCUT2D eigenvalue weighted by Gasteiger charge is 2.35. The minimum Gasteiger partial charge on any atom is -0.508 e. The van der Waals surface area contributed by atoms with E-state index in [0.717, 1.165) is 22.4 Å². The summed E-state index contributed by atoms with van der Waals surface area (Å²) in [5.74, 6) is -1.48. The Morgan fingerprint density at radius 3 is 2.63 bits per heavy atom. The molecule has 2 amide bonds. The Labute approximate surface area is 275 Å². The van der Waals surface area contributed by atoms with Crippen LogP contribution in [0.25, 0.3) is 10.2 Å². The molecule has 11 nitrogen and oxygen atoms in total. The zero-order chi connectivity index (χ0) is 32.6. The van der Waals surface area contributed by atoms with Crippen LogP contribution in [0.1, 0.15) is 21.3 Å². The minimum atomic E-state index is -4.30. The molecule has 1 atom stereocenters. The van der Waals surface area contributed by atoms with Gasteiger partial charge in [0.05, 0.1) is 39.2 Å². The normalized spacial score (nSPS) is 14.8. The molecule has 1 fully saturated rings. The highest BCUT2D eigenvalue weighted by Crippen LogP contribution is 2.39. The first kappa shape index (κ1) is 31.4. The van der Waals surface area contributed by atoms with Crippen LogP contribution in [-0.2, 0) is 14.8 Å². The Bertz CT molecular complexity index is 2100. The van der Waals surface area contributed by atoms with Crippen molar-refractivity contribution in [1.82, 2.24) is 15.4 Å². The average molecular weight is 700 g/mol. The number of hydrazine groups is 1. The van der Waals surface area contributed by atoms with E-state index < -0.39 is 27.1 Å². The smallest absolute Gasteiger partial charge is 0.273 e. The third-order valence-electron chi connectivity index (χ3n) is 6.82. The molecule has 1 aliphatic rings. The second kappa shape index (κ2) is 12.7. The second-order valence-corrected chi connectivity index (χ2v) is 14.0. The summed E-state index contributed by atoms with van der Waals surface area (Å²) in [4.78, 5) is 30.2. The lowest BCUT2D eigenvalue weighted by atomic mass is 10.2. The van der Waals surface area contributed by atoms with Gasteiger partial charge in [-0.3, -0.25) is 19.7 Å². The highest BCUT2D eigenvalue weighted by atomic mass is 35.5. The standard InChI is InChI=1S/C30H23ClFN5O6S3/c1-43-24-12-9-20(14-21(24)28(40)35-37-25(39)15-44-29(37)16-5-7-19(38)8-6-16)46(41,42)36-30-34-23-11-10-22(32)26(27(23)45-30)33-18-4-2-3-17(31)13-18/h2-14,29,33,38H,15H2,1H3,(H,34,36)(H,35,40). The molecular weight excluding hydrogens is 677 g/mol. The number of rotatable bonds is 9. The van der Waals surface area contributed by atoms with Crippen molar-refractivity contribution in [1.29, 1.82) is 0 Å². The van der Waals surface area contributed by atoms with Crippen LogP contribution in [0.2, 0.25) is 5.02 Å². The van der Waals surface area contributed by atoms with Crippen molar-refractivity contribution in [2.45, 2.75) is 10.3 Å². The van der Waals surface area contributed by atoms with E-state index in [0.29, 0.717) is 26.5 Å². The number of anilines is 3. The molecular formula is C30H23ClFN5O6S3. The lowest BCUT2D eigenvalue weighted by Crippen LogP contribution is -2.44. The van der Waals surface area contributed by atoms with Gasteiger partial charge in [0.1, 0.15) is 22.7 Å². The van der Waals surface area contributed by atoms with Crippen LogP contribution in [0.15, 0.2) is 83.8 Å². The molecule has 1 unspecified atom stereocenters. The molecule has 236 valence electrons. The molecule has 6 rings (SSSR count). The summed E-state index contributed by atoms with van der Waals surface area (Å²) in [6, 6.07) is 19.3. The number of thioether (sulfide) groups is 1. The van der Waals surface area contributed by atoms with Gasteiger partial charge in [-0.2, -0.15) is 0 Å². The van der Waals surface area contributed by atoms with Crippen molar-refractivity contribution in [3.05, 3.63) is 101 Å². The minimum absolute atomic E-state index is 0.0343. The van der Waals surface area contributed by atoms with Gasteiger partial charge in [-0.05, 0) is 66.2 Å². The van der Waals surface area contributed by atoms with Gasteiger partial charge >= 0.3 is 0 Å². The summed E-state index contributed by atoms with van der Waals surface area (Å²) in [6.07, 6.45) is 0. The Morgan fingerprint density at radius 1 is 1.11 bits per heavy atom. The number of hydrogen-bond acceptors (Lipinski definition) is 10. The number of amides is 2. The number of thiazole rings is 1. The molecule has 0 bridgehead atoms. The zero-order valence-corrected chi connectivity index (χ0v) is 26.9. The van der Waals surface area contributed by atoms with E-state index in [1.807, 2.05) is 0 Å². The van der Waals surface area contributed by atoms with E-state index in [9.17, 15) is 27.5 Å². The molecule has 0 aliphatic carbocycles. The van der Waals surface area contributed by atoms with Crippen LogP contribution in [0.4, 0.5) is 20.9 Å². The fraction of sp³-hybridized carbons (Fsp3) is 0.100. The first-order valence-electron chi connectivity index (χ1n) is 13.4. The van der Waals surface area contributed by atoms with E-state index >= 15 is 0 Å². The quantitative estimate of drug-likeness (QED) is 0.140. The van der Waals surface area contributed by atoms with E-state index in [2.05, 4.69) is 20.4 Å². The maximum absolute atomic E-state index is 14.9. The lowest BCUT2D eigenvalue weighted by Gasteiger charge is -2.25. The average Bonchev–Trinajstić information content (AvgIpc) is 3.60. The fourth-order valence-electron chi connectivity index (χ4n) is 4.64. The Balaban J connectivity index is 1.26. The molecule has 1 saturated heterocycles. The molecule has 46 heavy (non-hydrogen) atoms. The summed E-state index contributed by atoms with van der Waals surface area (Å²) in [5.41, 5.74) is 4.08. The predicted molar refractivity (Wildman–Crippen MR) is 176 cm³/mol. The molecule has 2 heterocycles. The monoisotopic (exact) mass is 699 g/mol. The zero-order valence-electron chi connectivity index (χ0n) is 23.7. The van der Waals surface area contributed by atoms with Crippen molar-refractivity contribution in [3.63, 3.8) is 0 Å². The van der Waals surface area contributed by atoms with Crippen molar-refractivity contribution in [3.8, 4) is 11.5 Å². The summed E-state index contributed by atoms with van der Waals surface area (Å²) >= 11 is 8.26. The van der Waals surface area contributed by atoms with Crippen molar-refractivity contribution < 1.29 is 32.2 Å². The SMILES string of the molecule is COc1ccc(S(=O)(=O)Nc2nc3ccc(F)c(Nc4cccc(Cl)c4)c3s2)cc1C(=O)NN1C(=O)CSC1c1ccc(O)cc1. The molecule has 0 spiro atoms. The van der Waals surface area contributed by atoms with E-state index in [-0.39, 0.29) is 44.4 Å². The van der Waals surface area contributed by atoms with Crippen LogP contribution >= 0.6 is 34.7 Å². The number of carbonyl (C=O) groups excluding carboxylic acids is 2. The Hall–Kier alpha value is -4.57. The molecule has 0 saturated carbocycles. The number of fused-ring (bicyclic) bond motifs is 1. The van der Waals surface area contributed by atoms with Gasteiger partial charge in [-0.1, -0.05) is 41.1 Å². The van der Waals surface area contributed by atoms with Gasteiger partial charge in [0.15, 0.2) is 5.13 Å². The van der Waals surface area contributed by atoms with Crippen molar-refractivity contribution in [2.75, 3.05) is 22.9 Å². The van der Waals surface area contributed by atoms with Crippen LogP contribution in [0.3, 0.4) is 0 Å². The number of benzene rings is 4. The second-order valence-electron chi connectivity index (χ2n) is 9.85. The Kier molecular flexibility index (Phi) is 8.65. The van der Waals surface area contributed by atoms with Crippen LogP contribution in [-0.4, -0.2) is 48.2 Å². The molecule has 1 aliphatic heterocycles. The molecule has 16 heteroatoms.